The van der Waals surface area contributed by atoms with E-state index in [0.29, 0.717) is 5.46 Å². The molecule has 1 aliphatic heterocycles. The van der Waals surface area contributed by atoms with Crippen molar-refractivity contribution in [2.45, 2.75) is 65.3 Å². The van der Waals surface area contributed by atoms with Crippen molar-refractivity contribution in [3.05, 3.63) is 24.0 Å². The summed E-state index contributed by atoms with van der Waals surface area (Å²) in [5.74, 6) is -0.576. The van der Waals surface area contributed by atoms with E-state index in [1.54, 1.807) is 32.9 Å². The number of hydrogen-bond acceptors (Lipinski definition) is 4. The molecule has 0 saturated carbocycles. The second kappa shape index (κ2) is 6.04. The maximum Gasteiger partial charge on any atom is 0.497 e. The summed E-state index contributed by atoms with van der Waals surface area (Å²) in [5.41, 5.74) is -1.38. The molecule has 1 aliphatic rings. The topological polar surface area (TPSA) is 56.8 Å². The molecule has 1 saturated heterocycles. The molecule has 0 radical (unpaired) electrons. The number of para-hydroxylation sites is 1. The minimum absolute atomic E-state index is 0.00486. The van der Waals surface area contributed by atoms with E-state index in [2.05, 4.69) is 5.32 Å². The van der Waals surface area contributed by atoms with Crippen LogP contribution in [0.25, 0.3) is 0 Å². The molecule has 1 fully saturated rings. The summed E-state index contributed by atoms with van der Waals surface area (Å²) in [6.45, 7) is 12.9. The van der Waals surface area contributed by atoms with Gasteiger partial charge in [-0.25, -0.2) is 9.18 Å². The van der Waals surface area contributed by atoms with Crippen LogP contribution in [0, 0.1) is 5.82 Å². The van der Waals surface area contributed by atoms with Crippen molar-refractivity contribution in [2.24, 2.45) is 0 Å². The van der Waals surface area contributed by atoms with E-state index < -0.39 is 35.8 Å². The molecule has 24 heavy (non-hydrogen) atoms. The van der Waals surface area contributed by atoms with Crippen LogP contribution in [0.5, 0.6) is 0 Å². The Hall–Kier alpha value is -1.60. The number of rotatable bonds is 2. The van der Waals surface area contributed by atoms with E-state index >= 15 is 0 Å². The quantitative estimate of drug-likeness (QED) is 0.840. The van der Waals surface area contributed by atoms with Crippen molar-refractivity contribution in [3.8, 4) is 0 Å². The van der Waals surface area contributed by atoms with Gasteiger partial charge in [-0.2, -0.15) is 0 Å². The van der Waals surface area contributed by atoms with Crippen LogP contribution in [0.1, 0.15) is 48.5 Å². The Kier molecular flexibility index (Phi) is 4.72. The third kappa shape index (κ3) is 3.90. The van der Waals surface area contributed by atoms with Crippen molar-refractivity contribution in [3.63, 3.8) is 0 Å². The maximum absolute atomic E-state index is 14.3. The van der Waals surface area contributed by atoms with Crippen LogP contribution in [0.4, 0.5) is 14.9 Å². The van der Waals surface area contributed by atoms with Gasteiger partial charge in [0.05, 0.1) is 16.9 Å². The lowest BCUT2D eigenvalue weighted by atomic mass is 9.77. The largest absolute Gasteiger partial charge is 0.497 e. The lowest BCUT2D eigenvalue weighted by molar-refractivity contribution is 0.00578. The molecule has 7 heteroatoms. The fourth-order valence-corrected chi connectivity index (χ4v) is 2.24. The number of anilines is 1. The Morgan fingerprint density at radius 1 is 1.17 bits per heavy atom. The summed E-state index contributed by atoms with van der Waals surface area (Å²) in [6, 6.07) is 4.48. The average Bonchev–Trinajstić information content (AvgIpc) is 2.58. The van der Waals surface area contributed by atoms with Crippen molar-refractivity contribution < 1.29 is 23.2 Å². The summed E-state index contributed by atoms with van der Waals surface area (Å²) < 4.78 is 31.4. The minimum Gasteiger partial charge on any atom is -0.444 e. The fourth-order valence-electron chi connectivity index (χ4n) is 2.24. The molecular formula is C17H25BFNO4. The highest BCUT2D eigenvalue weighted by Gasteiger charge is 2.52. The molecule has 1 aromatic carbocycles. The fraction of sp³-hybridized carbons (Fsp3) is 0.588. The number of amides is 1. The lowest BCUT2D eigenvalue weighted by Crippen LogP contribution is -2.41. The molecule has 2 rings (SSSR count). The van der Waals surface area contributed by atoms with Gasteiger partial charge in [0, 0.05) is 5.46 Å². The number of hydrogen-bond donors (Lipinski definition) is 1. The molecule has 1 amide bonds. The molecule has 0 aliphatic carbocycles. The molecule has 1 N–H and O–H groups in total. The molecule has 132 valence electrons. The summed E-state index contributed by atoms with van der Waals surface area (Å²) >= 11 is 0. The number of carbonyl (C=O) groups excluding carboxylic acids is 1. The third-order valence-electron chi connectivity index (χ3n) is 4.18. The number of benzene rings is 1. The number of ether oxygens (including phenoxy) is 1. The third-order valence-corrected chi connectivity index (χ3v) is 4.18. The molecule has 1 heterocycles. The van der Waals surface area contributed by atoms with Gasteiger partial charge in [-0.1, -0.05) is 12.1 Å². The van der Waals surface area contributed by atoms with Crippen LogP contribution in [-0.2, 0) is 14.0 Å². The number of carbonyl (C=O) groups is 1. The van der Waals surface area contributed by atoms with Gasteiger partial charge in [0.25, 0.3) is 0 Å². The first kappa shape index (κ1) is 18.7. The molecule has 0 aromatic heterocycles. The smallest absolute Gasteiger partial charge is 0.444 e. The summed E-state index contributed by atoms with van der Waals surface area (Å²) in [4.78, 5) is 12.0. The van der Waals surface area contributed by atoms with Gasteiger partial charge >= 0.3 is 13.2 Å². The van der Waals surface area contributed by atoms with Crippen molar-refractivity contribution in [1.29, 1.82) is 0 Å². The van der Waals surface area contributed by atoms with E-state index in [9.17, 15) is 9.18 Å². The standard InChI is InChI=1S/C17H25BFNO4/c1-15(2,3)22-14(21)20-13-11(9-8-10-12(13)19)18-23-16(4,5)17(6,7)24-18/h8-10H,1-7H3,(H,20,21). The lowest BCUT2D eigenvalue weighted by Gasteiger charge is -2.32. The first-order valence-corrected chi connectivity index (χ1v) is 7.96. The van der Waals surface area contributed by atoms with Crippen LogP contribution in [-0.4, -0.2) is 30.0 Å². The first-order valence-electron chi connectivity index (χ1n) is 7.96. The number of nitrogens with one attached hydrogen (secondary N) is 1. The monoisotopic (exact) mass is 337 g/mol. The summed E-state index contributed by atoms with van der Waals surface area (Å²) in [6.07, 6.45) is -0.731. The van der Waals surface area contributed by atoms with Crippen LogP contribution in [0.2, 0.25) is 0 Å². The highest BCUT2D eigenvalue weighted by atomic mass is 19.1. The molecular weight excluding hydrogens is 312 g/mol. The van der Waals surface area contributed by atoms with Gasteiger partial charge in [-0.3, -0.25) is 5.32 Å². The SMILES string of the molecule is CC(C)(C)OC(=O)Nc1c(F)cccc1B1OC(C)(C)C(C)(C)O1. The molecule has 0 bridgehead atoms. The van der Waals surface area contributed by atoms with Crippen molar-refractivity contribution in [1.82, 2.24) is 0 Å². The van der Waals surface area contributed by atoms with Gasteiger partial charge in [0.1, 0.15) is 11.4 Å². The zero-order valence-electron chi connectivity index (χ0n) is 15.3. The Bertz CT molecular complexity index is 624. The number of halogens is 1. The predicted molar refractivity (Wildman–Crippen MR) is 92.0 cm³/mol. The Morgan fingerprint density at radius 3 is 2.21 bits per heavy atom. The van der Waals surface area contributed by atoms with Crippen molar-refractivity contribution >= 4 is 24.4 Å². The first-order chi connectivity index (χ1) is 10.8. The normalized spacial score (nSPS) is 19.2. The van der Waals surface area contributed by atoms with Gasteiger partial charge in [0.15, 0.2) is 0 Å². The van der Waals surface area contributed by atoms with Gasteiger partial charge in [-0.05, 0) is 54.5 Å². The van der Waals surface area contributed by atoms with Crippen molar-refractivity contribution in [2.75, 3.05) is 5.32 Å². The average molecular weight is 337 g/mol. The van der Waals surface area contributed by atoms with E-state index in [4.69, 9.17) is 14.0 Å². The predicted octanol–water partition coefficient (Wildman–Crippen LogP) is 3.47. The maximum atomic E-state index is 14.3. The van der Waals surface area contributed by atoms with Crippen LogP contribution >= 0.6 is 0 Å². The second-order valence-electron chi connectivity index (χ2n) is 7.92. The Labute approximate surface area is 143 Å². The highest BCUT2D eigenvalue weighted by molar-refractivity contribution is 6.64. The molecule has 0 atom stereocenters. The molecule has 0 spiro atoms. The zero-order chi connectivity index (χ0) is 18.3. The highest BCUT2D eigenvalue weighted by Crippen LogP contribution is 2.37. The Morgan fingerprint density at radius 2 is 1.71 bits per heavy atom. The van der Waals surface area contributed by atoms with Crippen LogP contribution < -0.4 is 10.8 Å². The van der Waals surface area contributed by atoms with E-state index in [1.165, 1.54) is 6.07 Å². The van der Waals surface area contributed by atoms with E-state index in [0.717, 1.165) is 0 Å². The Balaban J connectivity index is 2.30. The van der Waals surface area contributed by atoms with Crippen LogP contribution in [0.15, 0.2) is 18.2 Å². The van der Waals surface area contributed by atoms with Crippen LogP contribution in [0.3, 0.4) is 0 Å². The van der Waals surface area contributed by atoms with Gasteiger partial charge in [-0.15, -0.1) is 0 Å². The van der Waals surface area contributed by atoms with Gasteiger partial charge in [0.2, 0.25) is 0 Å². The zero-order valence-corrected chi connectivity index (χ0v) is 15.3. The second-order valence-corrected chi connectivity index (χ2v) is 7.92. The van der Waals surface area contributed by atoms with E-state index in [1.807, 2.05) is 27.7 Å². The molecule has 1 aromatic rings. The minimum atomic E-state index is -0.782. The van der Waals surface area contributed by atoms with Gasteiger partial charge < -0.3 is 14.0 Å². The summed E-state index contributed by atoms with van der Waals surface area (Å²) in [5, 5.41) is 2.47. The molecule has 5 nitrogen and oxygen atoms in total. The van der Waals surface area contributed by atoms with E-state index in [-0.39, 0.29) is 5.69 Å². The molecule has 0 unspecified atom stereocenters. The summed E-state index contributed by atoms with van der Waals surface area (Å²) in [7, 11) is -0.782.